The lowest BCUT2D eigenvalue weighted by Crippen LogP contribution is -3.14. The molecule has 1 aromatic heterocycles. The van der Waals surface area contributed by atoms with Gasteiger partial charge in [0.1, 0.15) is 0 Å². The van der Waals surface area contributed by atoms with Crippen LogP contribution >= 0.6 is 11.8 Å². The number of hydrogen-bond donors (Lipinski definition) is 1. The SMILES string of the molecule is CC[NH+]1CCN(C(=O)[C@@H](C)Sc2nnc(C34CC5CC(CC(C5)C3)C4)o2)CC1. The first-order valence-electron chi connectivity index (χ1n) is 11.2. The van der Waals surface area contributed by atoms with Crippen LogP contribution in [-0.2, 0) is 10.2 Å². The van der Waals surface area contributed by atoms with E-state index in [1.807, 2.05) is 11.8 Å². The zero-order valence-corrected chi connectivity index (χ0v) is 18.0. The standard InChI is InChI=1S/C21H32N4O2S/c1-3-24-4-6-25(7-5-24)18(26)14(2)28-20-23-22-19(27-20)21-11-15-8-16(12-21)10-17(9-15)13-21/h14-17H,3-13H2,1-2H3/p+1/t14-,15?,16?,17?,21?/m1/s1. The highest BCUT2D eigenvalue weighted by Gasteiger charge is 2.54. The van der Waals surface area contributed by atoms with Gasteiger partial charge in [-0.05, 0) is 70.1 Å². The summed E-state index contributed by atoms with van der Waals surface area (Å²) in [5.41, 5.74) is 0.132. The smallest absolute Gasteiger partial charge is 0.277 e. The Morgan fingerprint density at radius 3 is 2.36 bits per heavy atom. The number of amides is 1. The van der Waals surface area contributed by atoms with Crippen LogP contribution in [0, 0.1) is 17.8 Å². The lowest BCUT2D eigenvalue weighted by Gasteiger charge is -2.55. The van der Waals surface area contributed by atoms with E-state index in [-0.39, 0.29) is 16.6 Å². The Morgan fingerprint density at radius 1 is 1.18 bits per heavy atom. The summed E-state index contributed by atoms with van der Waals surface area (Å²) >= 11 is 1.44. The van der Waals surface area contributed by atoms with E-state index in [4.69, 9.17) is 4.42 Å². The first kappa shape index (κ1) is 18.9. The fraction of sp³-hybridized carbons (Fsp3) is 0.857. The summed E-state index contributed by atoms with van der Waals surface area (Å²) in [4.78, 5) is 16.4. The van der Waals surface area contributed by atoms with Gasteiger partial charge in [-0.25, -0.2) is 0 Å². The van der Waals surface area contributed by atoms with E-state index in [1.54, 1.807) is 4.90 Å². The maximum Gasteiger partial charge on any atom is 0.277 e. The van der Waals surface area contributed by atoms with Crippen molar-refractivity contribution in [3.05, 3.63) is 5.89 Å². The van der Waals surface area contributed by atoms with Crippen LogP contribution < -0.4 is 4.90 Å². The second-order valence-corrected chi connectivity index (χ2v) is 11.1. The summed E-state index contributed by atoms with van der Waals surface area (Å²) in [7, 11) is 0. The van der Waals surface area contributed by atoms with Gasteiger partial charge in [-0.2, -0.15) is 0 Å². The molecule has 5 fully saturated rings. The Bertz CT molecular complexity index is 692. The summed E-state index contributed by atoms with van der Waals surface area (Å²) in [5.74, 6) is 3.64. The van der Waals surface area contributed by atoms with Gasteiger partial charge in [0.15, 0.2) is 0 Å². The summed E-state index contributed by atoms with van der Waals surface area (Å²) in [6, 6.07) is 0. The predicted octanol–water partition coefficient (Wildman–Crippen LogP) is 1.77. The molecular formula is C21H33N4O2S+. The number of nitrogens with zero attached hydrogens (tertiary/aromatic N) is 3. The van der Waals surface area contributed by atoms with Crippen molar-refractivity contribution in [1.82, 2.24) is 15.1 Å². The Kier molecular flexibility index (Phi) is 4.94. The molecule has 1 aromatic rings. The van der Waals surface area contributed by atoms with E-state index in [1.165, 1.54) is 50.3 Å². The molecule has 4 bridgehead atoms. The molecule has 1 aliphatic heterocycles. The number of likely N-dealkylation sites (N-methyl/N-ethyl adjacent to an activating group) is 1. The van der Waals surface area contributed by atoms with Crippen LogP contribution in [0.5, 0.6) is 0 Å². The van der Waals surface area contributed by atoms with Crippen molar-refractivity contribution in [2.45, 2.75) is 68.3 Å². The monoisotopic (exact) mass is 405 g/mol. The lowest BCUT2D eigenvalue weighted by atomic mass is 9.49. The van der Waals surface area contributed by atoms with E-state index in [0.29, 0.717) is 5.22 Å². The zero-order chi connectivity index (χ0) is 19.3. The molecule has 28 heavy (non-hydrogen) atoms. The first-order chi connectivity index (χ1) is 13.5. The van der Waals surface area contributed by atoms with Crippen molar-refractivity contribution < 1.29 is 14.1 Å². The zero-order valence-electron chi connectivity index (χ0n) is 17.2. The quantitative estimate of drug-likeness (QED) is 0.757. The number of rotatable bonds is 5. The molecule has 4 saturated carbocycles. The van der Waals surface area contributed by atoms with E-state index in [2.05, 4.69) is 17.1 Å². The van der Waals surface area contributed by atoms with E-state index in [9.17, 15) is 4.79 Å². The molecule has 6 nitrogen and oxygen atoms in total. The second kappa shape index (κ2) is 7.31. The van der Waals surface area contributed by atoms with E-state index in [0.717, 1.165) is 56.4 Å². The largest absolute Gasteiger partial charge is 0.415 e. The maximum atomic E-state index is 12.8. The molecule has 0 radical (unpaired) electrons. The minimum Gasteiger partial charge on any atom is -0.415 e. The maximum absolute atomic E-state index is 12.8. The van der Waals surface area contributed by atoms with Gasteiger partial charge in [-0.1, -0.05) is 11.8 Å². The van der Waals surface area contributed by atoms with Crippen molar-refractivity contribution in [3.8, 4) is 0 Å². The van der Waals surface area contributed by atoms with Crippen LogP contribution in [0.25, 0.3) is 0 Å². The van der Waals surface area contributed by atoms with Gasteiger partial charge in [0, 0.05) is 5.41 Å². The number of thioether (sulfide) groups is 1. The number of nitrogens with one attached hydrogen (secondary N) is 1. The minimum absolute atomic E-state index is 0.132. The molecule has 0 aromatic carbocycles. The molecule has 0 spiro atoms. The highest BCUT2D eigenvalue weighted by atomic mass is 32.2. The normalized spacial score (nSPS) is 36.1. The number of aromatic nitrogens is 2. The van der Waals surface area contributed by atoms with Crippen LogP contribution in [0.3, 0.4) is 0 Å². The van der Waals surface area contributed by atoms with Crippen LogP contribution in [0.15, 0.2) is 9.64 Å². The van der Waals surface area contributed by atoms with E-state index < -0.39 is 0 Å². The summed E-state index contributed by atoms with van der Waals surface area (Å²) < 4.78 is 6.18. The van der Waals surface area contributed by atoms with Crippen LogP contribution in [0.4, 0.5) is 0 Å². The second-order valence-electron chi connectivity index (χ2n) is 9.76. The molecule has 6 rings (SSSR count). The van der Waals surface area contributed by atoms with Crippen molar-refractivity contribution in [3.63, 3.8) is 0 Å². The van der Waals surface area contributed by atoms with Gasteiger partial charge in [-0.15, -0.1) is 10.2 Å². The molecule has 1 saturated heterocycles. The van der Waals surface area contributed by atoms with Gasteiger partial charge in [0.25, 0.3) is 5.22 Å². The fourth-order valence-electron chi connectivity index (χ4n) is 6.70. The number of carbonyl (C=O) groups excluding carboxylic acids is 1. The third kappa shape index (κ3) is 3.38. The van der Waals surface area contributed by atoms with Crippen molar-refractivity contribution in [2.75, 3.05) is 32.7 Å². The Hall–Kier alpha value is -1.08. The minimum atomic E-state index is -0.173. The molecule has 0 unspecified atom stereocenters. The summed E-state index contributed by atoms with van der Waals surface area (Å²) in [6.07, 6.45) is 7.91. The molecule has 1 N–H and O–H groups in total. The third-order valence-corrected chi connectivity index (χ3v) is 8.73. The predicted molar refractivity (Wildman–Crippen MR) is 107 cm³/mol. The summed E-state index contributed by atoms with van der Waals surface area (Å²) in [6.45, 7) is 9.14. The summed E-state index contributed by atoms with van der Waals surface area (Å²) in [5, 5.41) is 9.22. The molecule has 7 heteroatoms. The number of carbonyl (C=O) groups is 1. The Labute approximate surface area is 171 Å². The number of hydrogen-bond acceptors (Lipinski definition) is 5. The van der Waals surface area contributed by atoms with Gasteiger partial charge in [-0.3, -0.25) is 4.79 Å². The van der Waals surface area contributed by atoms with Crippen molar-refractivity contribution >= 4 is 17.7 Å². The molecule has 4 aliphatic carbocycles. The first-order valence-corrected chi connectivity index (χ1v) is 12.1. The average Bonchev–Trinajstić information content (AvgIpc) is 3.16. The highest BCUT2D eigenvalue weighted by Crippen LogP contribution is 2.60. The van der Waals surface area contributed by atoms with Gasteiger partial charge < -0.3 is 14.2 Å². The van der Waals surface area contributed by atoms with Crippen LogP contribution in [-0.4, -0.2) is 59.0 Å². The molecule has 154 valence electrons. The van der Waals surface area contributed by atoms with Crippen molar-refractivity contribution in [2.24, 2.45) is 17.8 Å². The average molecular weight is 406 g/mol. The van der Waals surface area contributed by atoms with Crippen LogP contribution in [0.2, 0.25) is 0 Å². The lowest BCUT2D eigenvalue weighted by molar-refractivity contribution is -0.902. The Morgan fingerprint density at radius 2 is 1.79 bits per heavy atom. The number of piperazine rings is 1. The van der Waals surface area contributed by atoms with Gasteiger partial charge >= 0.3 is 0 Å². The molecule has 1 amide bonds. The van der Waals surface area contributed by atoms with Gasteiger partial charge in [0.2, 0.25) is 11.8 Å². The van der Waals surface area contributed by atoms with E-state index >= 15 is 0 Å². The molecule has 2 heterocycles. The number of quaternary nitrogens is 1. The topological polar surface area (TPSA) is 63.7 Å². The molecule has 1 atom stereocenters. The van der Waals surface area contributed by atoms with Crippen molar-refractivity contribution in [1.29, 1.82) is 0 Å². The highest BCUT2D eigenvalue weighted by molar-refractivity contribution is 8.00. The molecule has 5 aliphatic rings. The molecular weight excluding hydrogens is 372 g/mol. The Balaban J connectivity index is 1.23. The fourth-order valence-corrected chi connectivity index (χ4v) is 7.47. The third-order valence-electron chi connectivity index (χ3n) is 7.81. The van der Waals surface area contributed by atoms with Gasteiger partial charge in [0.05, 0.1) is 38.0 Å². The van der Waals surface area contributed by atoms with Crippen LogP contribution in [0.1, 0.15) is 58.3 Å².